The van der Waals surface area contributed by atoms with E-state index in [9.17, 15) is 5.26 Å². The van der Waals surface area contributed by atoms with Gasteiger partial charge < -0.3 is 10.6 Å². The van der Waals surface area contributed by atoms with Gasteiger partial charge in [-0.1, -0.05) is 41.9 Å². The van der Waals surface area contributed by atoms with Crippen LogP contribution in [0.3, 0.4) is 0 Å². The van der Waals surface area contributed by atoms with Crippen molar-refractivity contribution in [1.29, 1.82) is 5.26 Å². The largest absolute Gasteiger partial charge is 0.376 e. The van der Waals surface area contributed by atoms with Crippen molar-refractivity contribution in [1.82, 2.24) is 0 Å². The minimum atomic E-state index is -0.227. The highest BCUT2D eigenvalue weighted by molar-refractivity contribution is 6.31. The summed E-state index contributed by atoms with van der Waals surface area (Å²) >= 11 is 6.06. The number of anilines is 2. The Hall–Kier alpha value is -2.18. The number of hydrogen-bond donors (Lipinski definition) is 2. The summed E-state index contributed by atoms with van der Waals surface area (Å²) in [6.07, 6.45) is 0.701. The van der Waals surface area contributed by atoms with Crippen molar-refractivity contribution < 1.29 is 0 Å². The first kappa shape index (κ1) is 12.8. The van der Waals surface area contributed by atoms with Crippen LogP contribution in [0.15, 0.2) is 48.5 Å². The highest BCUT2D eigenvalue weighted by Gasteiger charge is 2.23. The van der Waals surface area contributed by atoms with Gasteiger partial charge in [-0.25, -0.2) is 0 Å². The van der Waals surface area contributed by atoms with E-state index in [-0.39, 0.29) is 12.1 Å². The number of fused-ring (bicyclic) bond motifs is 1. The van der Waals surface area contributed by atoms with Gasteiger partial charge in [0.25, 0.3) is 0 Å². The Morgan fingerprint density at radius 3 is 2.60 bits per heavy atom. The lowest BCUT2D eigenvalue weighted by Gasteiger charge is -2.18. The second-order valence-corrected chi connectivity index (χ2v) is 5.30. The zero-order valence-electron chi connectivity index (χ0n) is 10.8. The van der Waals surface area contributed by atoms with Crippen molar-refractivity contribution in [2.45, 2.75) is 18.5 Å². The lowest BCUT2D eigenvalue weighted by atomic mass is 10.0. The lowest BCUT2D eigenvalue weighted by molar-refractivity contribution is 0.675. The molecule has 0 spiro atoms. The first-order chi connectivity index (χ1) is 9.76. The summed E-state index contributed by atoms with van der Waals surface area (Å²) in [5.74, 6) is 0. The Labute approximate surface area is 123 Å². The fourth-order valence-electron chi connectivity index (χ4n) is 2.48. The number of benzene rings is 2. The molecule has 2 aromatic rings. The number of rotatable bonds is 1. The summed E-state index contributed by atoms with van der Waals surface area (Å²) in [5, 5.41) is 16.7. The standard InChI is InChI=1S/C16H14ClN3/c17-12-6-7-14-16(8-12)20-15(9-13(10-18)19-14)11-4-2-1-3-5-11/h1-8,13,15,19-20H,9H2/t13-,15-/m1/s1. The van der Waals surface area contributed by atoms with Gasteiger partial charge in [0.15, 0.2) is 0 Å². The molecule has 1 aliphatic heterocycles. The third kappa shape index (κ3) is 2.56. The minimum absolute atomic E-state index is 0.0908. The number of nitrogens with one attached hydrogen (secondary N) is 2. The van der Waals surface area contributed by atoms with E-state index in [0.717, 1.165) is 11.4 Å². The molecule has 0 saturated heterocycles. The predicted octanol–water partition coefficient (Wildman–Crippen LogP) is 4.20. The molecule has 0 saturated carbocycles. The van der Waals surface area contributed by atoms with E-state index in [0.29, 0.717) is 11.4 Å². The van der Waals surface area contributed by atoms with Crippen LogP contribution in [0, 0.1) is 11.3 Å². The first-order valence-corrected chi connectivity index (χ1v) is 6.91. The number of halogens is 1. The Balaban J connectivity index is 2.00. The molecule has 3 rings (SSSR count). The molecule has 0 aliphatic carbocycles. The quantitative estimate of drug-likeness (QED) is 0.824. The second-order valence-electron chi connectivity index (χ2n) is 4.86. The maximum atomic E-state index is 9.29. The first-order valence-electron chi connectivity index (χ1n) is 6.53. The molecule has 0 aromatic heterocycles. The highest BCUT2D eigenvalue weighted by atomic mass is 35.5. The van der Waals surface area contributed by atoms with Crippen molar-refractivity contribution in [3.8, 4) is 6.07 Å². The van der Waals surface area contributed by atoms with E-state index < -0.39 is 0 Å². The van der Waals surface area contributed by atoms with Crippen LogP contribution in [0.5, 0.6) is 0 Å². The van der Waals surface area contributed by atoms with Crippen LogP contribution in [0.1, 0.15) is 18.0 Å². The minimum Gasteiger partial charge on any atom is -0.376 e. The van der Waals surface area contributed by atoms with E-state index >= 15 is 0 Å². The molecule has 2 N–H and O–H groups in total. The summed E-state index contributed by atoms with van der Waals surface area (Å²) in [6.45, 7) is 0. The summed E-state index contributed by atoms with van der Waals surface area (Å²) in [5.41, 5.74) is 3.02. The molecule has 4 heteroatoms. The van der Waals surface area contributed by atoms with Crippen LogP contribution in [-0.4, -0.2) is 6.04 Å². The number of hydrogen-bond acceptors (Lipinski definition) is 3. The third-order valence-corrected chi connectivity index (χ3v) is 3.71. The number of nitriles is 1. The molecule has 0 amide bonds. The molecular formula is C16H14ClN3. The van der Waals surface area contributed by atoms with Gasteiger partial charge in [-0.05, 0) is 23.8 Å². The van der Waals surface area contributed by atoms with Gasteiger partial charge in [0.2, 0.25) is 0 Å². The Kier molecular flexibility index (Phi) is 3.49. The maximum absolute atomic E-state index is 9.29. The van der Waals surface area contributed by atoms with E-state index in [1.54, 1.807) is 0 Å². The van der Waals surface area contributed by atoms with Crippen molar-refractivity contribution in [3.63, 3.8) is 0 Å². The van der Waals surface area contributed by atoms with Gasteiger partial charge in [-0.2, -0.15) is 5.26 Å². The normalized spacial score (nSPS) is 20.8. The van der Waals surface area contributed by atoms with Gasteiger partial charge >= 0.3 is 0 Å². The Bertz CT molecular complexity index is 649. The average Bonchev–Trinajstić information content (AvgIpc) is 2.67. The highest BCUT2D eigenvalue weighted by Crippen LogP contribution is 2.35. The van der Waals surface area contributed by atoms with Gasteiger partial charge in [-0.3, -0.25) is 0 Å². The molecule has 20 heavy (non-hydrogen) atoms. The molecule has 3 nitrogen and oxygen atoms in total. The van der Waals surface area contributed by atoms with E-state index in [1.807, 2.05) is 36.4 Å². The van der Waals surface area contributed by atoms with Crippen LogP contribution in [0.4, 0.5) is 11.4 Å². The fourth-order valence-corrected chi connectivity index (χ4v) is 2.65. The second kappa shape index (κ2) is 5.44. The zero-order valence-corrected chi connectivity index (χ0v) is 11.6. The van der Waals surface area contributed by atoms with Crippen LogP contribution >= 0.6 is 11.6 Å². The van der Waals surface area contributed by atoms with Gasteiger partial charge in [0.1, 0.15) is 6.04 Å². The van der Waals surface area contributed by atoms with Gasteiger partial charge in [-0.15, -0.1) is 0 Å². The smallest absolute Gasteiger partial charge is 0.116 e. The molecule has 2 aromatic carbocycles. The molecular weight excluding hydrogens is 270 g/mol. The monoisotopic (exact) mass is 283 g/mol. The Morgan fingerprint density at radius 2 is 1.85 bits per heavy atom. The maximum Gasteiger partial charge on any atom is 0.116 e. The van der Waals surface area contributed by atoms with Crippen molar-refractivity contribution >= 4 is 23.0 Å². The van der Waals surface area contributed by atoms with E-state index in [1.165, 1.54) is 5.56 Å². The molecule has 2 atom stereocenters. The van der Waals surface area contributed by atoms with Crippen molar-refractivity contribution in [3.05, 3.63) is 59.1 Å². The lowest BCUT2D eigenvalue weighted by Crippen LogP contribution is -2.19. The third-order valence-electron chi connectivity index (χ3n) is 3.47. The predicted molar refractivity (Wildman–Crippen MR) is 81.9 cm³/mol. The molecule has 100 valence electrons. The van der Waals surface area contributed by atoms with Crippen molar-refractivity contribution in [2.75, 3.05) is 10.6 Å². The topological polar surface area (TPSA) is 47.9 Å². The van der Waals surface area contributed by atoms with Gasteiger partial charge in [0, 0.05) is 11.4 Å². The molecule has 0 unspecified atom stereocenters. The van der Waals surface area contributed by atoms with E-state index in [4.69, 9.17) is 11.6 Å². The molecule has 0 fully saturated rings. The van der Waals surface area contributed by atoms with Crippen LogP contribution < -0.4 is 10.6 Å². The molecule has 1 aliphatic rings. The number of nitrogens with zero attached hydrogens (tertiary/aromatic N) is 1. The van der Waals surface area contributed by atoms with Crippen LogP contribution in [0.2, 0.25) is 5.02 Å². The zero-order chi connectivity index (χ0) is 13.9. The van der Waals surface area contributed by atoms with Crippen molar-refractivity contribution in [2.24, 2.45) is 0 Å². The van der Waals surface area contributed by atoms with Gasteiger partial charge in [0.05, 0.1) is 23.5 Å². The van der Waals surface area contributed by atoms with Crippen LogP contribution in [-0.2, 0) is 0 Å². The molecule has 0 radical (unpaired) electrons. The average molecular weight is 284 g/mol. The molecule has 0 bridgehead atoms. The fraction of sp³-hybridized carbons (Fsp3) is 0.188. The summed E-state index contributed by atoms with van der Waals surface area (Å²) in [7, 11) is 0. The molecule has 1 heterocycles. The SMILES string of the molecule is N#C[C@H]1C[C@H](c2ccccc2)Nc2cc(Cl)ccc2N1. The Morgan fingerprint density at radius 1 is 1.05 bits per heavy atom. The summed E-state index contributed by atoms with van der Waals surface area (Å²) in [6, 6.07) is 18.0. The summed E-state index contributed by atoms with van der Waals surface area (Å²) < 4.78 is 0. The van der Waals surface area contributed by atoms with Crippen LogP contribution in [0.25, 0.3) is 0 Å². The van der Waals surface area contributed by atoms with E-state index in [2.05, 4.69) is 28.8 Å². The summed E-state index contributed by atoms with van der Waals surface area (Å²) in [4.78, 5) is 0.